The summed E-state index contributed by atoms with van der Waals surface area (Å²) in [5.74, 6) is 4.24. The Morgan fingerprint density at radius 3 is 3.00 bits per heavy atom. The molecule has 0 aliphatic carbocycles. The van der Waals surface area contributed by atoms with Gasteiger partial charge in [-0.1, -0.05) is 6.07 Å². The van der Waals surface area contributed by atoms with Gasteiger partial charge < -0.3 is 10.5 Å². The second-order valence-electron chi connectivity index (χ2n) is 4.00. The first-order valence-electron chi connectivity index (χ1n) is 5.29. The van der Waals surface area contributed by atoms with Crippen LogP contribution in [0.2, 0.25) is 0 Å². The highest BCUT2D eigenvalue weighted by Crippen LogP contribution is 2.29. The molecule has 1 atom stereocenters. The Labute approximate surface area is 95.2 Å². The van der Waals surface area contributed by atoms with Gasteiger partial charge in [0.25, 0.3) is 0 Å². The average molecular weight is 223 g/mol. The third kappa shape index (κ3) is 2.59. The fraction of sp³-hybridized carbons (Fsp3) is 0.500. The van der Waals surface area contributed by atoms with Crippen LogP contribution in [0, 0.1) is 5.92 Å². The van der Waals surface area contributed by atoms with Gasteiger partial charge in [0.15, 0.2) is 0 Å². The Morgan fingerprint density at radius 1 is 1.53 bits per heavy atom. The van der Waals surface area contributed by atoms with Crippen LogP contribution in [-0.2, 0) is 6.42 Å². The topological polar surface area (TPSA) is 35.2 Å². The molecule has 15 heavy (non-hydrogen) atoms. The van der Waals surface area contributed by atoms with Crippen LogP contribution < -0.4 is 10.5 Å². The number of hydrogen-bond donors (Lipinski definition) is 1. The second-order valence-corrected chi connectivity index (χ2v) is 5.15. The number of nitrogens with two attached hydrogens (primary N) is 1. The standard InChI is InChI=1S/C12H17NOS/c1-14-11-3-2-10(12(13)7-11)6-9-4-5-15-8-9/h2-3,7,9H,4-6,8,13H2,1H3. The maximum absolute atomic E-state index is 5.99. The van der Waals surface area contributed by atoms with Crippen LogP contribution in [0.1, 0.15) is 12.0 Å². The van der Waals surface area contributed by atoms with E-state index in [9.17, 15) is 0 Å². The van der Waals surface area contributed by atoms with Crippen LogP contribution in [0.3, 0.4) is 0 Å². The van der Waals surface area contributed by atoms with Gasteiger partial charge in [0.2, 0.25) is 0 Å². The largest absolute Gasteiger partial charge is 0.497 e. The minimum atomic E-state index is 0.811. The van der Waals surface area contributed by atoms with E-state index < -0.39 is 0 Å². The molecule has 0 spiro atoms. The smallest absolute Gasteiger partial charge is 0.120 e. The first-order chi connectivity index (χ1) is 7.29. The number of ether oxygens (including phenoxy) is 1. The van der Waals surface area contributed by atoms with Crippen molar-refractivity contribution in [2.75, 3.05) is 24.3 Å². The Hall–Kier alpha value is -0.830. The number of rotatable bonds is 3. The van der Waals surface area contributed by atoms with Crippen LogP contribution in [0.15, 0.2) is 18.2 Å². The third-order valence-corrected chi connectivity index (χ3v) is 4.12. The molecule has 0 radical (unpaired) electrons. The van der Waals surface area contributed by atoms with Crippen molar-refractivity contribution in [2.24, 2.45) is 5.92 Å². The highest BCUT2D eigenvalue weighted by Gasteiger charge is 2.16. The number of anilines is 1. The molecule has 1 fully saturated rings. The summed E-state index contributed by atoms with van der Waals surface area (Å²) in [5.41, 5.74) is 8.12. The summed E-state index contributed by atoms with van der Waals surface area (Å²) in [6.07, 6.45) is 2.44. The van der Waals surface area contributed by atoms with Crippen LogP contribution >= 0.6 is 11.8 Å². The van der Waals surface area contributed by atoms with Gasteiger partial charge in [0, 0.05) is 11.8 Å². The molecular formula is C12H17NOS. The normalized spacial score (nSPS) is 20.5. The maximum Gasteiger partial charge on any atom is 0.120 e. The predicted molar refractivity (Wildman–Crippen MR) is 66.5 cm³/mol. The van der Waals surface area contributed by atoms with E-state index in [-0.39, 0.29) is 0 Å². The first kappa shape index (κ1) is 10.7. The van der Waals surface area contributed by atoms with Crippen molar-refractivity contribution in [1.82, 2.24) is 0 Å². The summed E-state index contributed by atoms with van der Waals surface area (Å²) < 4.78 is 5.14. The number of hydrogen-bond acceptors (Lipinski definition) is 3. The molecule has 1 heterocycles. The zero-order chi connectivity index (χ0) is 10.7. The van der Waals surface area contributed by atoms with Crippen molar-refractivity contribution in [3.05, 3.63) is 23.8 Å². The van der Waals surface area contributed by atoms with Gasteiger partial charge in [-0.05, 0) is 41.9 Å². The van der Waals surface area contributed by atoms with Crippen LogP contribution in [0.4, 0.5) is 5.69 Å². The Bertz CT molecular complexity index is 334. The highest BCUT2D eigenvalue weighted by atomic mass is 32.2. The van der Waals surface area contributed by atoms with E-state index in [1.54, 1.807) is 7.11 Å². The summed E-state index contributed by atoms with van der Waals surface area (Å²) in [6, 6.07) is 6.00. The molecule has 1 saturated heterocycles. The molecule has 2 rings (SSSR count). The summed E-state index contributed by atoms with van der Waals surface area (Å²) in [7, 11) is 1.67. The van der Waals surface area contributed by atoms with E-state index in [1.807, 2.05) is 23.9 Å². The van der Waals surface area contributed by atoms with Gasteiger partial charge in [0.05, 0.1) is 7.11 Å². The summed E-state index contributed by atoms with van der Waals surface area (Å²) in [6.45, 7) is 0. The molecule has 1 unspecified atom stereocenters. The molecule has 0 saturated carbocycles. The van der Waals surface area contributed by atoms with Gasteiger partial charge in [-0.2, -0.15) is 11.8 Å². The van der Waals surface area contributed by atoms with Crippen molar-refractivity contribution >= 4 is 17.4 Å². The van der Waals surface area contributed by atoms with Gasteiger partial charge in [-0.15, -0.1) is 0 Å². The molecule has 0 bridgehead atoms. The van der Waals surface area contributed by atoms with E-state index in [4.69, 9.17) is 10.5 Å². The molecule has 1 aliphatic rings. The zero-order valence-corrected chi connectivity index (χ0v) is 9.85. The second kappa shape index (κ2) is 4.79. The third-order valence-electron chi connectivity index (χ3n) is 2.89. The highest BCUT2D eigenvalue weighted by molar-refractivity contribution is 7.99. The fourth-order valence-corrected chi connectivity index (χ4v) is 3.23. The fourth-order valence-electron chi connectivity index (χ4n) is 1.94. The lowest BCUT2D eigenvalue weighted by Gasteiger charge is -2.11. The van der Waals surface area contributed by atoms with Crippen molar-refractivity contribution in [1.29, 1.82) is 0 Å². The Morgan fingerprint density at radius 2 is 2.40 bits per heavy atom. The minimum Gasteiger partial charge on any atom is -0.497 e. The van der Waals surface area contributed by atoms with Crippen molar-refractivity contribution < 1.29 is 4.74 Å². The number of thioether (sulfide) groups is 1. The summed E-state index contributed by atoms with van der Waals surface area (Å²) in [4.78, 5) is 0. The van der Waals surface area contributed by atoms with E-state index in [0.29, 0.717) is 0 Å². The van der Waals surface area contributed by atoms with E-state index in [0.717, 1.165) is 23.8 Å². The Kier molecular flexibility index (Phi) is 3.41. The number of nitrogen functional groups attached to an aromatic ring is 1. The monoisotopic (exact) mass is 223 g/mol. The first-order valence-corrected chi connectivity index (χ1v) is 6.45. The molecule has 1 aromatic carbocycles. The van der Waals surface area contributed by atoms with Crippen molar-refractivity contribution in [3.63, 3.8) is 0 Å². The maximum atomic E-state index is 5.99. The van der Waals surface area contributed by atoms with E-state index >= 15 is 0 Å². The molecule has 1 aliphatic heterocycles. The molecule has 2 N–H and O–H groups in total. The molecule has 2 nitrogen and oxygen atoms in total. The van der Waals surface area contributed by atoms with Gasteiger partial charge in [0.1, 0.15) is 5.75 Å². The average Bonchev–Trinajstić information content (AvgIpc) is 2.74. The van der Waals surface area contributed by atoms with Crippen LogP contribution in [-0.4, -0.2) is 18.6 Å². The van der Waals surface area contributed by atoms with E-state index in [1.165, 1.54) is 23.5 Å². The number of benzene rings is 1. The molecule has 0 aromatic heterocycles. The van der Waals surface area contributed by atoms with Crippen molar-refractivity contribution in [3.8, 4) is 5.75 Å². The Balaban J connectivity index is 2.07. The van der Waals surface area contributed by atoms with Gasteiger partial charge in [-0.25, -0.2) is 0 Å². The molecule has 82 valence electrons. The molecule has 0 amide bonds. The predicted octanol–water partition coefficient (Wildman–Crippen LogP) is 2.57. The van der Waals surface area contributed by atoms with Gasteiger partial charge >= 0.3 is 0 Å². The minimum absolute atomic E-state index is 0.811. The lowest BCUT2D eigenvalue weighted by Crippen LogP contribution is -2.05. The van der Waals surface area contributed by atoms with Crippen LogP contribution in [0.25, 0.3) is 0 Å². The molecule has 3 heteroatoms. The molecular weight excluding hydrogens is 206 g/mol. The molecule has 1 aromatic rings. The lowest BCUT2D eigenvalue weighted by atomic mass is 9.98. The number of methoxy groups -OCH3 is 1. The quantitative estimate of drug-likeness (QED) is 0.800. The zero-order valence-electron chi connectivity index (χ0n) is 9.03. The van der Waals surface area contributed by atoms with Crippen molar-refractivity contribution in [2.45, 2.75) is 12.8 Å². The summed E-state index contributed by atoms with van der Waals surface area (Å²) in [5, 5.41) is 0. The van der Waals surface area contributed by atoms with E-state index in [2.05, 4.69) is 6.07 Å². The summed E-state index contributed by atoms with van der Waals surface area (Å²) >= 11 is 2.05. The SMILES string of the molecule is COc1ccc(CC2CCSC2)c(N)c1. The lowest BCUT2D eigenvalue weighted by molar-refractivity contribution is 0.415. The van der Waals surface area contributed by atoms with Gasteiger partial charge in [-0.3, -0.25) is 0 Å². The van der Waals surface area contributed by atoms with Crippen LogP contribution in [0.5, 0.6) is 5.75 Å².